The Morgan fingerprint density at radius 1 is 1.33 bits per heavy atom. The van der Waals surface area contributed by atoms with Gasteiger partial charge in [0.15, 0.2) is 0 Å². The van der Waals surface area contributed by atoms with Crippen molar-refractivity contribution in [2.75, 3.05) is 0 Å². The van der Waals surface area contributed by atoms with Crippen molar-refractivity contribution in [2.24, 2.45) is 29.4 Å². The third-order valence-electron chi connectivity index (χ3n) is 6.69. The monoisotopic (exact) mass is 463 g/mol. The zero-order valence-corrected chi connectivity index (χ0v) is 21.4. The SMILES string of the molecule is CC(C)(C)N.CC[C@H](C)C(=O)O[C@H]1CCC=C2C=C[C@H](C)[C@H](CC[C@@H]3C[C@@H](O)CC(=O)O3)[C@H]21. The van der Waals surface area contributed by atoms with Gasteiger partial charge in [0.1, 0.15) is 12.2 Å². The molecule has 6 nitrogen and oxygen atoms in total. The highest BCUT2D eigenvalue weighted by Crippen LogP contribution is 2.44. The normalized spacial score (nSPS) is 32.5. The van der Waals surface area contributed by atoms with Crippen LogP contribution in [0.25, 0.3) is 0 Å². The lowest BCUT2D eigenvalue weighted by atomic mass is 9.66. The van der Waals surface area contributed by atoms with Crippen LogP contribution < -0.4 is 5.73 Å². The summed E-state index contributed by atoms with van der Waals surface area (Å²) in [6.45, 7) is 12.0. The number of fused-ring (bicyclic) bond motifs is 1. The molecule has 0 aromatic carbocycles. The van der Waals surface area contributed by atoms with Crippen molar-refractivity contribution in [2.45, 2.75) is 110 Å². The standard InChI is InChI=1S/C23H34O5.C4H11N/c1-4-14(2)23(26)28-20-7-5-6-16-9-8-15(3)19(22(16)20)11-10-18-12-17(24)13-21(25)27-18;1-4(2,3)5/h6,8-9,14-15,17-20,22,24H,4-5,7,10-13H2,1-3H3;5H2,1-3H3/t14-,15-,17+,18+,19-,20-,22-;/m0./s1. The largest absolute Gasteiger partial charge is 0.462 e. The maximum Gasteiger partial charge on any atom is 0.308 e. The lowest BCUT2D eigenvalue weighted by molar-refractivity contribution is -0.162. The average molecular weight is 464 g/mol. The van der Waals surface area contributed by atoms with Crippen LogP contribution in [0.4, 0.5) is 0 Å². The summed E-state index contributed by atoms with van der Waals surface area (Å²) >= 11 is 0. The van der Waals surface area contributed by atoms with E-state index in [2.05, 4.69) is 25.2 Å². The number of aliphatic hydroxyl groups is 1. The number of allylic oxidation sites excluding steroid dienone is 3. The predicted molar refractivity (Wildman–Crippen MR) is 130 cm³/mol. The van der Waals surface area contributed by atoms with E-state index in [1.54, 1.807) is 0 Å². The van der Waals surface area contributed by atoms with Gasteiger partial charge in [-0.15, -0.1) is 0 Å². The van der Waals surface area contributed by atoms with Gasteiger partial charge in [-0.2, -0.15) is 0 Å². The first-order valence-electron chi connectivity index (χ1n) is 12.6. The first-order valence-corrected chi connectivity index (χ1v) is 12.6. The number of nitrogens with two attached hydrogens (primary N) is 1. The van der Waals surface area contributed by atoms with E-state index < -0.39 is 6.10 Å². The number of hydrogen-bond acceptors (Lipinski definition) is 6. The molecule has 6 heteroatoms. The molecular formula is C27H45NO5. The Balaban J connectivity index is 0.000000696. The summed E-state index contributed by atoms with van der Waals surface area (Å²) in [5.41, 5.74) is 6.63. The molecule has 0 radical (unpaired) electrons. The lowest BCUT2D eigenvalue weighted by Crippen LogP contribution is -2.40. The van der Waals surface area contributed by atoms with Crippen molar-refractivity contribution in [1.82, 2.24) is 0 Å². The van der Waals surface area contributed by atoms with E-state index in [0.717, 1.165) is 32.1 Å². The minimum Gasteiger partial charge on any atom is -0.462 e. The summed E-state index contributed by atoms with van der Waals surface area (Å²) in [4.78, 5) is 24.1. The fourth-order valence-electron chi connectivity index (χ4n) is 4.80. The summed E-state index contributed by atoms with van der Waals surface area (Å²) in [5.74, 6) is 0.426. The fraction of sp³-hybridized carbons (Fsp3) is 0.778. The van der Waals surface area contributed by atoms with E-state index in [9.17, 15) is 14.7 Å². The van der Waals surface area contributed by atoms with Crippen LogP contribution in [-0.4, -0.2) is 40.9 Å². The maximum atomic E-state index is 12.4. The molecule has 1 saturated heterocycles. The van der Waals surface area contributed by atoms with Gasteiger partial charge in [-0.05, 0) is 70.3 Å². The molecule has 7 atom stereocenters. The quantitative estimate of drug-likeness (QED) is 0.554. The molecule has 0 aromatic heterocycles. The van der Waals surface area contributed by atoms with Crippen molar-refractivity contribution >= 4 is 11.9 Å². The van der Waals surface area contributed by atoms with Gasteiger partial charge >= 0.3 is 11.9 Å². The number of esters is 2. The molecule has 2 aliphatic carbocycles. The van der Waals surface area contributed by atoms with Crippen LogP contribution in [0.2, 0.25) is 0 Å². The van der Waals surface area contributed by atoms with Gasteiger partial charge in [0, 0.05) is 17.9 Å². The summed E-state index contributed by atoms with van der Waals surface area (Å²) in [5, 5.41) is 9.86. The van der Waals surface area contributed by atoms with Crippen LogP contribution in [0, 0.1) is 23.7 Å². The molecule has 3 aliphatic rings. The van der Waals surface area contributed by atoms with Gasteiger partial charge in [0.2, 0.25) is 0 Å². The van der Waals surface area contributed by atoms with Gasteiger partial charge in [0.25, 0.3) is 0 Å². The van der Waals surface area contributed by atoms with E-state index in [0.29, 0.717) is 18.3 Å². The van der Waals surface area contributed by atoms with Crippen molar-refractivity contribution in [1.29, 1.82) is 0 Å². The molecule has 3 rings (SSSR count). The lowest BCUT2D eigenvalue weighted by Gasteiger charge is -2.42. The van der Waals surface area contributed by atoms with Crippen molar-refractivity contribution in [3.63, 3.8) is 0 Å². The van der Waals surface area contributed by atoms with Gasteiger partial charge in [-0.3, -0.25) is 9.59 Å². The highest BCUT2D eigenvalue weighted by atomic mass is 16.5. The Morgan fingerprint density at radius 2 is 2.00 bits per heavy atom. The molecule has 33 heavy (non-hydrogen) atoms. The highest BCUT2D eigenvalue weighted by molar-refractivity contribution is 5.72. The van der Waals surface area contributed by atoms with Crippen molar-refractivity contribution in [3.05, 3.63) is 23.8 Å². The van der Waals surface area contributed by atoms with Crippen LogP contribution in [0.5, 0.6) is 0 Å². The molecule has 0 aromatic rings. The number of cyclic esters (lactones) is 1. The minimum absolute atomic E-state index is 0. The van der Waals surface area contributed by atoms with Crippen LogP contribution in [0.3, 0.4) is 0 Å². The average Bonchev–Trinajstić information content (AvgIpc) is 2.70. The van der Waals surface area contributed by atoms with E-state index in [1.807, 2.05) is 34.6 Å². The molecule has 1 fully saturated rings. The molecule has 1 heterocycles. The van der Waals surface area contributed by atoms with E-state index in [4.69, 9.17) is 15.2 Å². The summed E-state index contributed by atoms with van der Waals surface area (Å²) in [7, 11) is 0. The van der Waals surface area contributed by atoms with Gasteiger partial charge in [-0.1, -0.05) is 39.0 Å². The fourth-order valence-corrected chi connectivity index (χ4v) is 4.80. The van der Waals surface area contributed by atoms with Gasteiger partial charge in [-0.25, -0.2) is 0 Å². The Morgan fingerprint density at radius 3 is 2.61 bits per heavy atom. The van der Waals surface area contributed by atoms with E-state index in [1.165, 1.54) is 5.57 Å². The van der Waals surface area contributed by atoms with Gasteiger partial charge in [0.05, 0.1) is 18.4 Å². The van der Waals surface area contributed by atoms with Crippen LogP contribution >= 0.6 is 0 Å². The molecule has 0 bridgehead atoms. The molecule has 0 unspecified atom stereocenters. The van der Waals surface area contributed by atoms with Crippen molar-refractivity contribution in [3.8, 4) is 0 Å². The van der Waals surface area contributed by atoms with Crippen LogP contribution in [0.1, 0.15) is 86.5 Å². The molecule has 188 valence electrons. The summed E-state index contributed by atoms with van der Waals surface area (Å²) in [6, 6.07) is 0. The molecule has 3 N–H and O–H groups in total. The summed E-state index contributed by atoms with van der Waals surface area (Å²) < 4.78 is 11.4. The third-order valence-corrected chi connectivity index (χ3v) is 6.69. The van der Waals surface area contributed by atoms with Gasteiger partial charge < -0.3 is 20.3 Å². The predicted octanol–water partition coefficient (Wildman–Crippen LogP) is 4.69. The minimum atomic E-state index is -0.593. The Hall–Kier alpha value is -1.66. The first kappa shape index (κ1) is 27.6. The Labute approximate surface area is 200 Å². The molecule has 0 saturated carbocycles. The van der Waals surface area contributed by atoms with E-state index in [-0.39, 0.29) is 47.9 Å². The maximum absolute atomic E-state index is 12.4. The molecule has 0 amide bonds. The van der Waals surface area contributed by atoms with E-state index >= 15 is 0 Å². The second-order valence-corrected chi connectivity index (χ2v) is 11.1. The second-order valence-electron chi connectivity index (χ2n) is 11.1. The number of carbonyl (C=O) groups is 2. The Bertz CT molecular complexity index is 717. The zero-order valence-electron chi connectivity index (χ0n) is 21.4. The first-order chi connectivity index (χ1) is 15.4. The number of hydrogen-bond donors (Lipinski definition) is 2. The molecule has 1 aliphatic heterocycles. The summed E-state index contributed by atoms with van der Waals surface area (Å²) in [6.07, 6.45) is 10.6. The van der Waals surface area contributed by atoms with Crippen LogP contribution in [0.15, 0.2) is 23.8 Å². The number of carbonyl (C=O) groups excluding carboxylic acids is 2. The highest BCUT2D eigenvalue weighted by Gasteiger charge is 2.40. The van der Waals surface area contributed by atoms with Crippen LogP contribution in [-0.2, 0) is 19.1 Å². The number of rotatable bonds is 6. The smallest absolute Gasteiger partial charge is 0.308 e. The van der Waals surface area contributed by atoms with Crippen molar-refractivity contribution < 1.29 is 24.2 Å². The number of ether oxygens (including phenoxy) is 2. The number of aliphatic hydroxyl groups excluding tert-OH is 1. The Kier molecular flexibility index (Phi) is 10.2. The second kappa shape index (κ2) is 12.2. The zero-order chi connectivity index (χ0) is 24.8. The molecular weight excluding hydrogens is 418 g/mol. The molecule has 0 spiro atoms. The topological polar surface area (TPSA) is 98.9 Å². The third kappa shape index (κ3) is 8.90.